The van der Waals surface area contributed by atoms with Crippen LogP contribution < -0.4 is 5.32 Å². The van der Waals surface area contributed by atoms with Crippen LogP contribution in [0.2, 0.25) is 0 Å². The number of hydrogen-bond acceptors (Lipinski definition) is 6. The number of nitrogens with zero attached hydrogens (tertiary/aromatic N) is 4. The molecule has 0 bridgehead atoms. The minimum Gasteiger partial charge on any atom is -0.345 e. The van der Waals surface area contributed by atoms with Gasteiger partial charge in [-0.3, -0.25) is 4.79 Å². The number of aryl methyl sites for hydroxylation is 3. The molecule has 0 unspecified atom stereocenters. The summed E-state index contributed by atoms with van der Waals surface area (Å²) in [6.07, 6.45) is 3.80. The van der Waals surface area contributed by atoms with Gasteiger partial charge < -0.3 is 10.3 Å². The number of nitrogens with one attached hydrogen (secondary N) is 2. The molecule has 4 aromatic rings. The van der Waals surface area contributed by atoms with Crippen molar-refractivity contribution in [1.82, 2.24) is 30.5 Å². The van der Waals surface area contributed by atoms with E-state index >= 15 is 0 Å². The molecule has 3 heterocycles. The van der Waals surface area contributed by atoms with Crippen molar-refractivity contribution in [1.29, 1.82) is 0 Å². The molecule has 0 aliphatic heterocycles. The highest BCUT2D eigenvalue weighted by atomic mass is 32.1. The van der Waals surface area contributed by atoms with E-state index in [-0.39, 0.29) is 5.91 Å². The second-order valence-electron chi connectivity index (χ2n) is 6.88. The van der Waals surface area contributed by atoms with E-state index < -0.39 is 0 Å². The molecular weight excluding hydrogens is 384 g/mol. The Morgan fingerprint density at radius 1 is 1.07 bits per heavy atom. The number of unbranched alkanes of at least 4 members (excludes halogenated alkanes) is 1. The zero-order valence-corrected chi connectivity index (χ0v) is 17.0. The minimum atomic E-state index is -0.183. The van der Waals surface area contributed by atoms with Crippen molar-refractivity contribution in [3.8, 4) is 0 Å². The van der Waals surface area contributed by atoms with Crippen LogP contribution in [0, 0.1) is 6.92 Å². The van der Waals surface area contributed by atoms with Crippen LogP contribution in [0.4, 0.5) is 0 Å². The molecule has 3 aromatic heterocycles. The number of hydrogen-bond donors (Lipinski definition) is 2. The maximum Gasteiger partial charge on any atom is 0.271 e. The Kier molecular flexibility index (Phi) is 5.90. The van der Waals surface area contributed by atoms with Gasteiger partial charge >= 0.3 is 0 Å². The molecule has 7 nitrogen and oxygen atoms in total. The summed E-state index contributed by atoms with van der Waals surface area (Å²) in [6.45, 7) is 2.22. The average molecular weight is 407 g/mol. The summed E-state index contributed by atoms with van der Waals surface area (Å²) < 4.78 is 0. The lowest BCUT2D eigenvalue weighted by Crippen LogP contribution is -2.23. The van der Waals surface area contributed by atoms with Crippen LogP contribution in [0.3, 0.4) is 0 Å². The SMILES string of the molecule is Cc1ccc(CNC(=O)c2csc(CCCCc3nc4ccccc4[nH]3)n2)nn1. The summed E-state index contributed by atoms with van der Waals surface area (Å²) in [5.41, 5.74) is 4.13. The zero-order chi connectivity index (χ0) is 20.1. The number of benzene rings is 1. The van der Waals surface area contributed by atoms with E-state index in [1.54, 1.807) is 0 Å². The second kappa shape index (κ2) is 8.91. The third-order valence-corrected chi connectivity index (χ3v) is 5.47. The summed E-state index contributed by atoms with van der Waals surface area (Å²) in [7, 11) is 0. The van der Waals surface area contributed by atoms with Crippen molar-refractivity contribution in [2.45, 2.75) is 39.2 Å². The summed E-state index contributed by atoms with van der Waals surface area (Å²) in [4.78, 5) is 24.7. The first-order valence-corrected chi connectivity index (χ1v) is 10.5. The normalized spacial score (nSPS) is 11.1. The van der Waals surface area contributed by atoms with Crippen molar-refractivity contribution >= 4 is 28.3 Å². The highest BCUT2D eigenvalue weighted by Gasteiger charge is 2.11. The fraction of sp³-hybridized carbons (Fsp3) is 0.286. The first-order chi connectivity index (χ1) is 14.2. The molecule has 0 fully saturated rings. The Hall–Kier alpha value is -3.13. The number of carbonyl (C=O) groups excluding carboxylic acids is 1. The van der Waals surface area contributed by atoms with E-state index in [0.717, 1.165) is 58.9 Å². The maximum atomic E-state index is 12.3. The lowest BCUT2D eigenvalue weighted by molar-refractivity contribution is 0.0946. The van der Waals surface area contributed by atoms with Crippen LogP contribution in [0.1, 0.15) is 45.5 Å². The highest BCUT2D eigenvalue weighted by molar-refractivity contribution is 7.09. The molecule has 4 rings (SSSR count). The van der Waals surface area contributed by atoms with Gasteiger partial charge in [-0.15, -0.1) is 11.3 Å². The average Bonchev–Trinajstić information content (AvgIpc) is 3.37. The van der Waals surface area contributed by atoms with Gasteiger partial charge in [0.1, 0.15) is 11.5 Å². The van der Waals surface area contributed by atoms with Crippen molar-refractivity contribution in [3.05, 3.63) is 69.7 Å². The van der Waals surface area contributed by atoms with E-state index in [4.69, 9.17) is 0 Å². The smallest absolute Gasteiger partial charge is 0.271 e. The fourth-order valence-corrected chi connectivity index (χ4v) is 3.83. The number of amides is 1. The fourth-order valence-electron chi connectivity index (χ4n) is 3.00. The molecule has 1 amide bonds. The molecule has 0 aliphatic carbocycles. The molecule has 0 aliphatic rings. The van der Waals surface area contributed by atoms with Gasteiger partial charge in [0.2, 0.25) is 0 Å². The lowest BCUT2D eigenvalue weighted by Gasteiger charge is -2.02. The van der Waals surface area contributed by atoms with Crippen LogP contribution in [0.15, 0.2) is 41.8 Å². The number of carbonyl (C=O) groups is 1. The number of thiazole rings is 1. The Balaban J connectivity index is 1.22. The molecule has 0 radical (unpaired) electrons. The van der Waals surface area contributed by atoms with E-state index in [0.29, 0.717) is 12.2 Å². The monoisotopic (exact) mass is 406 g/mol. The van der Waals surface area contributed by atoms with E-state index in [1.165, 1.54) is 11.3 Å². The largest absolute Gasteiger partial charge is 0.345 e. The van der Waals surface area contributed by atoms with Gasteiger partial charge in [-0.2, -0.15) is 10.2 Å². The van der Waals surface area contributed by atoms with Gasteiger partial charge in [-0.1, -0.05) is 12.1 Å². The van der Waals surface area contributed by atoms with Crippen molar-refractivity contribution < 1.29 is 4.79 Å². The lowest BCUT2D eigenvalue weighted by atomic mass is 10.2. The minimum absolute atomic E-state index is 0.183. The Morgan fingerprint density at radius 3 is 2.76 bits per heavy atom. The molecule has 0 spiro atoms. The molecule has 0 saturated carbocycles. The number of para-hydroxylation sites is 2. The Labute approximate surface area is 172 Å². The van der Waals surface area contributed by atoms with Gasteiger partial charge in [-0.25, -0.2) is 9.97 Å². The maximum absolute atomic E-state index is 12.3. The number of aromatic nitrogens is 5. The van der Waals surface area contributed by atoms with Gasteiger partial charge in [0.15, 0.2) is 0 Å². The molecule has 29 heavy (non-hydrogen) atoms. The van der Waals surface area contributed by atoms with E-state index in [1.807, 2.05) is 48.7 Å². The number of H-pyrrole nitrogens is 1. The number of aromatic amines is 1. The molecule has 1 aromatic carbocycles. The third-order valence-electron chi connectivity index (χ3n) is 4.56. The van der Waals surface area contributed by atoms with E-state index in [9.17, 15) is 4.79 Å². The summed E-state index contributed by atoms with van der Waals surface area (Å²) >= 11 is 1.53. The molecule has 0 saturated heterocycles. The molecule has 2 N–H and O–H groups in total. The standard InChI is InChI=1S/C21H22N6OS/c1-14-10-11-15(27-26-14)12-22-21(28)18-13-29-20(25-18)9-5-4-8-19-23-16-6-2-3-7-17(16)24-19/h2-3,6-7,10-11,13H,4-5,8-9,12H2,1H3,(H,22,28)(H,23,24). The van der Waals surface area contributed by atoms with Crippen LogP contribution >= 0.6 is 11.3 Å². The summed E-state index contributed by atoms with van der Waals surface area (Å²) in [6, 6.07) is 11.8. The van der Waals surface area contributed by atoms with Gasteiger partial charge in [0, 0.05) is 11.8 Å². The number of fused-ring (bicyclic) bond motifs is 1. The Bertz CT molecular complexity index is 1070. The summed E-state index contributed by atoms with van der Waals surface area (Å²) in [5.74, 6) is 0.835. The topological polar surface area (TPSA) is 96.5 Å². The van der Waals surface area contributed by atoms with Gasteiger partial charge in [0.05, 0.1) is 34.0 Å². The number of imidazole rings is 1. The third kappa shape index (κ3) is 5.03. The van der Waals surface area contributed by atoms with Gasteiger partial charge in [0.25, 0.3) is 5.91 Å². The van der Waals surface area contributed by atoms with Crippen molar-refractivity contribution in [3.63, 3.8) is 0 Å². The van der Waals surface area contributed by atoms with Crippen LogP contribution in [-0.4, -0.2) is 31.1 Å². The quantitative estimate of drug-likeness (QED) is 0.436. The molecule has 0 atom stereocenters. The molecule has 148 valence electrons. The predicted molar refractivity (Wildman–Crippen MR) is 113 cm³/mol. The van der Waals surface area contributed by atoms with Crippen molar-refractivity contribution in [2.75, 3.05) is 0 Å². The molecular formula is C21H22N6OS. The van der Waals surface area contributed by atoms with Crippen molar-refractivity contribution in [2.24, 2.45) is 0 Å². The van der Waals surface area contributed by atoms with Gasteiger partial charge in [-0.05, 0) is 50.5 Å². The first kappa shape index (κ1) is 19.2. The van der Waals surface area contributed by atoms with E-state index in [2.05, 4.69) is 30.5 Å². The second-order valence-corrected chi connectivity index (χ2v) is 7.83. The number of rotatable bonds is 8. The highest BCUT2D eigenvalue weighted by Crippen LogP contribution is 2.15. The molecule has 8 heteroatoms. The first-order valence-electron chi connectivity index (χ1n) is 9.63. The van der Waals surface area contributed by atoms with Crippen LogP contribution in [0.5, 0.6) is 0 Å². The predicted octanol–water partition coefficient (Wildman–Crippen LogP) is 3.61. The Morgan fingerprint density at radius 2 is 1.93 bits per heavy atom. The summed E-state index contributed by atoms with van der Waals surface area (Å²) in [5, 5.41) is 13.7. The zero-order valence-electron chi connectivity index (χ0n) is 16.2. The van der Waals surface area contributed by atoms with Crippen LogP contribution in [0.25, 0.3) is 11.0 Å². The van der Waals surface area contributed by atoms with Crippen LogP contribution in [-0.2, 0) is 19.4 Å².